The van der Waals surface area contributed by atoms with Crippen LogP contribution < -0.4 is 25.4 Å². The fourth-order valence-electron chi connectivity index (χ4n) is 2.77. The maximum Gasteiger partial charge on any atom is 0.243 e. The van der Waals surface area contributed by atoms with E-state index >= 15 is 0 Å². The average molecular weight is 419 g/mol. The summed E-state index contributed by atoms with van der Waals surface area (Å²) in [4.78, 5) is 23.3. The summed E-state index contributed by atoms with van der Waals surface area (Å²) in [6.45, 7) is 2.40. The van der Waals surface area contributed by atoms with Gasteiger partial charge in [-0.15, -0.1) is 0 Å². The number of anilines is 3. The Morgan fingerprint density at radius 1 is 0.710 bits per heavy atom. The van der Waals surface area contributed by atoms with Crippen LogP contribution in [0.15, 0.2) is 78.9 Å². The van der Waals surface area contributed by atoms with Gasteiger partial charge in [0, 0.05) is 24.0 Å². The number of carbonyl (C=O) groups excluding carboxylic acids is 2. The van der Waals surface area contributed by atoms with E-state index in [2.05, 4.69) is 16.0 Å². The smallest absolute Gasteiger partial charge is 0.243 e. The van der Waals surface area contributed by atoms with Gasteiger partial charge in [0.05, 0.1) is 6.54 Å². The van der Waals surface area contributed by atoms with Crippen molar-refractivity contribution >= 4 is 28.9 Å². The first-order valence-corrected chi connectivity index (χ1v) is 9.90. The van der Waals surface area contributed by atoms with E-state index in [1.165, 1.54) is 6.92 Å². The van der Waals surface area contributed by atoms with E-state index in [4.69, 9.17) is 9.47 Å². The zero-order valence-electron chi connectivity index (χ0n) is 17.3. The first-order chi connectivity index (χ1) is 15.1. The van der Waals surface area contributed by atoms with E-state index in [9.17, 15) is 9.59 Å². The largest absolute Gasteiger partial charge is 0.490 e. The molecule has 0 heterocycles. The zero-order valence-corrected chi connectivity index (χ0v) is 17.3. The lowest BCUT2D eigenvalue weighted by atomic mass is 10.2. The summed E-state index contributed by atoms with van der Waals surface area (Å²) in [6, 6.07) is 23.9. The minimum atomic E-state index is -0.185. The molecular formula is C24H25N3O4. The summed E-state index contributed by atoms with van der Waals surface area (Å²) < 4.78 is 11.2. The van der Waals surface area contributed by atoms with Gasteiger partial charge in [-0.1, -0.05) is 24.3 Å². The molecule has 31 heavy (non-hydrogen) atoms. The lowest BCUT2D eigenvalue weighted by Gasteiger charge is -2.11. The maximum atomic E-state index is 12.2. The predicted molar refractivity (Wildman–Crippen MR) is 122 cm³/mol. The molecule has 0 unspecified atom stereocenters. The SMILES string of the molecule is CC(=O)Nc1cccc(NCC(=O)Nc2ccc(OCCOc3ccccc3)cc2)c1. The summed E-state index contributed by atoms with van der Waals surface area (Å²) in [5.41, 5.74) is 2.08. The maximum absolute atomic E-state index is 12.2. The van der Waals surface area contributed by atoms with Crippen molar-refractivity contribution in [3.05, 3.63) is 78.9 Å². The van der Waals surface area contributed by atoms with Crippen LogP contribution in [0.1, 0.15) is 6.92 Å². The van der Waals surface area contributed by atoms with Crippen LogP contribution in [0.2, 0.25) is 0 Å². The number of hydrogen-bond donors (Lipinski definition) is 3. The topological polar surface area (TPSA) is 88.7 Å². The number of nitrogens with one attached hydrogen (secondary N) is 3. The van der Waals surface area contributed by atoms with Crippen molar-refractivity contribution in [3.8, 4) is 11.5 Å². The summed E-state index contributed by atoms with van der Waals surface area (Å²) in [5, 5.41) is 8.56. The summed E-state index contributed by atoms with van der Waals surface area (Å²) in [5.74, 6) is 1.17. The third kappa shape index (κ3) is 7.74. The molecule has 0 saturated carbocycles. The highest BCUT2D eigenvalue weighted by molar-refractivity contribution is 5.94. The van der Waals surface area contributed by atoms with Crippen molar-refractivity contribution in [2.75, 3.05) is 35.7 Å². The molecule has 3 aromatic rings. The van der Waals surface area contributed by atoms with Gasteiger partial charge in [-0.2, -0.15) is 0 Å². The molecular weight excluding hydrogens is 394 g/mol. The molecule has 3 rings (SSSR count). The third-order valence-electron chi connectivity index (χ3n) is 4.14. The predicted octanol–water partition coefficient (Wildman–Crippen LogP) is 4.15. The van der Waals surface area contributed by atoms with Gasteiger partial charge in [0.1, 0.15) is 24.7 Å². The minimum Gasteiger partial charge on any atom is -0.490 e. The Bertz CT molecular complexity index is 991. The number of para-hydroxylation sites is 1. The monoisotopic (exact) mass is 419 g/mol. The molecule has 0 atom stereocenters. The normalized spacial score (nSPS) is 10.1. The van der Waals surface area contributed by atoms with Crippen LogP contribution >= 0.6 is 0 Å². The van der Waals surface area contributed by atoms with Crippen LogP contribution in [-0.2, 0) is 9.59 Å². The van der Waals surface area contributed by atoms with E-state index in [1.807, 2.05) is 36.4 Å². The molecule has 3 aromatic carbocycles. The number of carbonyl (C=O) groups is 2. The van der Waals surface area contributed by atoms with E-state index < -0.39 is 0 Å². The quantitative estimate of drug-likeness (QED) is 0.430. The Balaban J connectivity index is 1.39. The highest BCUT2D eigenvalue weighted by Crippen LogP contribution is 2.17. The number of hydrogen-bond acceptors (Lipinski definition) is 5. The summed E-state index contributed by atoms with van der Waals surface area (Å²) in [6.07, 6.45) is 0. The van der Waals surface area contributed by atoms with Crippen molar-refractivity contribution in [2.24, 2.45) is 0 Å². The van der Waals surface area contributed by atoms with Gasteiger partial charge in [0.2, 0.25) is 11.8 Å². The molecule has 0 radical (unpaired) electrons. The second-order valence-corrected chi connectivity index (χ2v) is 6.70. The first-order valence-electron chi connectivity index (χ1n) is 9.90. The van der Waals surface area contributed by atoms with Crippen LogP contribution in [0.3, 0.4) is 0 Å². The molecule has 0 aliphatic heterocycles. The molecule has 0 spiro atoms. The van der Waals surface area contributed by atoms with E-state index in [0.29, 0.717) is 30.3 Å². The van der Waals surface area contributed by atoms with Crippen LogP contribution in [-0.4, -0.2) is 31.6 Å². The zero-order chi connectivity index (χ0) is 21.9. The van der Waals surface area contributed by atoms with Gasteiger partial charge in [0.25, 0.3) is 0 Å². The van der Waals surface area contributed by atoms with Gasteiger partial charge in [-0.05, 0) is 54.6 Å². The molecule has 0 aliphatic rings. The fraction of sp³-hybridized carbons (Fsp3) is 0.167. The van der Waals surface area contributed by atoms with Crippen LogP contribution in [0.25, 0.3) is 0 Å². The van der Waals surface area contributed by atoms with Crippen molar-refractivity contribution in [2.45, 2.75) is 6.92 Å². The molecule has 0 bridgehead atoms. The van der Waals surface area contributed by atoms with Gasteiger partial charge in [-0.3, -0.25) is 9.59 Å². The first kappa shape index (κ1) is 21.7. The average Bonchev–Trinajstić information content (AvgIpc) is 2.77. The van der Waals surface area contributed by atoms with Crippen molar-refractivity contribution < 1.29 is 19.1 Å². The second-order valence-electron chi connectivity index (χ2n) is 6.70. The molecule has 0 fully saturated rings. The summed E-state index contributed by atoms with van der Waals surface area (Å²) >= 11 is 0. The third-order valence-corrected chi connectivity index (χ3v) is 4.14. The molecule has 0 saturated heterocycles. The van der Waals surface area contributed by atoms with Crippen molar-refractivity contribution in [1.82, 2.24) is 0 Å². The molecule has 160 valence electrons. The number of rotatable bonds is 10. The fourth-order valence-corrected chi connectivity index (χ4v) is 2.77. The summed E-state index contributed by atoms with van der Waals surface area (Å²) in [7, 11) is 0. The van der Waals surface area contributed by atoms with E-state index in [-0.39, 0.29) is 18.4 Å². The highest BCUT2D eigenvalue weighted by Gasteiger charge is 2.04. The van der Waals surface area contributed by atoms with E-state index in [0.717, 1.165) is 11.4 Å². The Morgan fingerprint density at radius 3 is 2.03 bits per heavy atom. The van der Waals surface area contributed by atoms with Crippen LogP contribution in [0.5, 0.6) is 11.5 Å². The second kappa shape index (κ2) is 11.3. The van der Waals surface area contributed by atoms with Gasteiger partial charge in [0.15, 0.2) is 0 Å². The van der Waals surface area contributed by atoms with Gasteiger partial charge >= 0.3 is 0 Å². The standard InChI is InChI=1S/C24H25N3O4/c1-18(28)26-21-7-5-6-20(16-21)25-17-24(29)27-19-10-12-23(13-11-19)31-15-14-30-22-8-3-2-4-9-22/h2-13,16,25H,14-15,17H2,1H3,(H,26,28)(H,27,29). The number of benzene rings is 3. The molecule has 0 aromatic heterocycles. The Morgan fingerprint density at radius 2 is 1.35 bits per heavy atom. The minimum absolute atomic E-state index is 0.0958. The number of amides is 2. The van der Waals surface area contributed by atoms with Crippen molar-refractivity contribution in [1.29, 1.82) is 0 Å². The number of ether oxygens (including phenoxy) is 2. The highest BCUT2D eigenvalue weighted by atomic mass is 16.5. The molecule has 0 aliphatic carbocycles. The lowest BCUT2D eigenvalue weighted by Crippen LogP contribution is -2.21. The molecule has 7 nitrogen and oxygen atoms in total. The lowest BCUT2D eigenvalue weighted by molar-refractivity contribution is -0.115. The Hall–Kier alpha value is -4.00. The Labute approximate surface area is 181 Å². The van der Waals surface area contributed by atoms with E-state index in [1.54, 1.807) is 42.5 Å². The van der Waals surface area contributed by atoms with Crippen molar-refractivity contribution in [3.63, 3.8) is 0 Å². The molecule has 7 heteroatoms. The molecule has 2 amide bonds. The van der Waals surface area contributed by atoms with Crippen LogP contribution in [0, 0.1) is 0 Å². The molecule has 3 N–H and O–H groups in total. The Kier molecular flexibility index (Phi) is 7.88. The van der Waals surface area contributed by atoms with Gasteiger partial charge in [-0.25, -0.2) is 0 Å². The van der Waals surface area contributed by atoms with Gasteiger partial charge < -0.3 is 25.4 Å². The van der Waals surface area contributed by atoms with Crippen LogP contribution in [0.4, 0.5) is 17.1 Å².